The van der Waals surface area contributed by atoms with Gasteiger partial charge in [0.05, 0.1) is 0 Å². The van der Waals surface area contributed by atoms with E-state index in [-0.39, 0.29) is 0 Å². The van der Waals surface area contributed by atoms with E-state index < -0.39 is 0 Å². The predicted molar refractivity (Wildman–Crippen MR) is 85.3 cm³/mol. The minimum absolute atomic E-state index is 0.569. The third-order valence-corrected chi connectivity index (χ3v) is 4.66. The van der Waals surface area contributed by atoms with Gasteiger partial charge < -0.3 is 5.32 Å². The summed E-state index contributed by atoms with van der Waals surface area (Å²) in [5.74, 6) is 3.61. The van der Waals surface area contributed by atoms with Crippen LogP contribution in [0.4, 0.5) is 5.82 Å². The lowest BCUT2D eigenvalue weighted by atomic mass is 9.79. The van der Waals surface area contributed by atoms with Crippen LogP contribution in [0.2, 0.25) is 0 Å². The van der Waals surface area contributed by atoms with Crippen LogP contribution in [-0.2, 0) is 0 Å². The van der Waals surface area contributed by atoms with Gasteiger partial charge in [0.25, 0.3) is 0 Å². The second kappa shape index (κ2) is 7.05. The summed E-state index contributed by atoms with van der Waals surface area (Å²) < 4.78 is 0. The van der Waals surface area contributed by atoms with Crippen molar-refractivity contribution in [2.24, 2.45) is 5.92 Å². The Bertz CT molecular complexity index is 434. The number of anilines is 1. The Kier molecular flexibility index (Phi) is 5.38. The van der Waals surface area contributed by atoms with Crippen molar-refractivity contribution in [2.75, 3.05) is 11.9 Å². The minimum atomic E-state index is 0.569. The standard InChI is InChI=1S/C17H29N3/c1-5-7-14-8-10-15(11-9-14)17-19-13(4)12(3)16(20-17)18-6-2/h14-15H,5-11H2,1-4H3,(H,18,19,20). The highest BCUT2D eigenvalue weighted by Crippen LogP contribution is 2.36. The summed E-state index contributed by atoms with van der Waals surface area (Å²) in [5, 5.41) is 3.37. The van der Waals surface area contributed by atoms with E-state index in [9.17, 15) is 0 Å². The molecule has 3 heteroatoms. The fourth-order valence-electron chi connectivity index (χ4n) is 3.29. The van der Waals surface area contributed by atoms with Crippen molar-refractivity contribution in [2.45, 2.75) is 72.1 Å². The number of hydrogen-bond acceptors (Lipinski definition) is 3. The normalized spacial score (nSPS) is 22.8. The number of aromatic nitrogens is 2. The molecule has 0 atom stereocenters. The topological polar surface area (TPSA) is 37.8 Å². The zero-order valence-electron chi connectivity index (χ0n) is 13.5. The van der Waals surface area contributed by atoms with E-state index in [0.717, 1.165) is 29.8 Å². The third-order valence-electron chi connectivity index (χ3n) is 4.66. The van der Waals surface area contributed by atoms with Crippen LogP contribution < -0.4 is 5.32 Å². The Morgan fingerprint density at radius 3 is 2.35 bits per heavy atom. The first-order chi connectivity index (χ1) is 9.65. The molecular formula is C17H29N3. The highest BCUT2D eigenvalue weighted by atomic mass is 15.0. The average molecular weight is 275 g/mol. The van der Waals surface area contributed by atoms with Crippen LogP contribution >= 0.6 is 0 Å². The summed E-state index contributed by atoms with van der Waals surface area (Å²) in [7, 11) is 0. The molecule has 112 valence electrons. The second-order valence-corrected chi connectivity index (χ2v) is 6.18. The summed E-state index contributed by atoms with van der Waals surface area (Å²) >= 11 is 0. The SMILES string of the molecule is CCCC1CCC(c2nc(C)c(C)c(NCC)n2)CC1. The molecule has 0 aliphatic heterocycles. The van der Waals surface area contributed by atoms with Crippen LogP contribution in [0.15, 0.2) is 0 Å². The van der Waals surface area contributed by atoms with Crippen molar-refractivity contribution in [3.63, 3.8) is 0 Å². The van der Waals surface area contributed by atoms with Gasteiger partial charge in [0.2, 0.25) is 0 Å². The molecule has 20 heavy (non-hydrogen) atoms. The maximum absolute atomic E-state index is 4.80. The summed E-state index contributed by atoms with van der Waals surface area (Å²) in [6.45, 7) is 9.53. The Balaban J connectivity index is 2.09. The second-order valence-electron chi connectivity index (χ2n) is 6.18. The fourth-order valence-corrected chi connectivity index (χ4v) is 3.29. The molecule has 1 N–H and O–H groups in total. The molecule has 3 nitrogen and oxygen atoms in total. The molecule has 0 bridgehead atoms. The van der Waals surface area contributed by atoms with E-state index in [1.54, 1.807) is 0 Å². The molecule has 0 aromatic carbocycles. The van der Waals surface area contributed by atoms with Gasteiger partial charge in [-0.05, 0) is 52.4 Å². The van der Waals surface area contributed by atoms with Crippen molar-refractivity contribution in [1.29, 1.82) is 0 Å². The first-order valence-corrected chi connectivity index (χ1v) is 8.24. The molecule has 1 fully saturated rings. The summed E-state index contributed by atoms with van der Waals surface area (Å²) in [6.07, 6.45) is 7.94. The van der Waals surface area contributed by atoms with Gasteiger partial charge in [0.15, 0.2) is 0 Å². The zero-order chi connectivity index (χ0) is 14.5. The minimum Gasteiger partial charge on any atom is -0.370 e. The maximum atomic E-state index is 4.80. The van der Waals surface area contributed by atoms with Gasteiger partial charge in [-0.3, -0.25) is 0 Å². The van der Waals surface area contributed by atoms with Crippen molar-refractivity contribution in [3.8, 4) is 0 Å². The average Bonchev–Trinajstić information content (AvgIpc) is 2.45. The Morgan fingerprint density at radius 2 is 1.75 bits per heavy atom. The molecule has 0 unspecified atom stereocenters. The van der Waals surface area contributed by atoms with E-state index >= 15 is 0 Å². The van der Waals surface area contributed by atoms with Gasteiger partial charge in [-0.25, -0.2) is 9.97 Å². The van der Waals surface area contributed by atoms with E-state index in [1.165, 1.54) is 44.1 Å². The van der Waals surface area contributed by atoms with E-state index in [0.29, 0.717) is 5.92 Å². The largest absolute Gasteiger partial charge is 0.370 e. The van der Waals surface area contributed by atoms with Crippen LogP contribution in [0.3, 0.4) is 0 Å². The van der Waals surface area contributed by atoms with Gasteiger partial charge in [0, 0.05) is 23.7 Å². The smallest absolute Gasteiger partial charge is 0.134 e. The van der Waals surface area contributed by atoms with Gasteiger partial charge in [-0.1, -0.05) is 19.8 Å². The predicted octanol–water partition coefficient (Wildman–Crippen LogP) is 4.60. The lowest BCUT2D eigenvalue weighted by Crippen LogP contribution is -2.17. The van der Waals surface area contributed by atoms with E-state index in [4.69, 9.17) is 9.97 Å². The van der Waals surface area contributed by atoms with E-state index in [2.05, 4.69) is 33.0 Å². The molecule has 1 aromatic rings. The van der Waals surface area contributed by atoms with E-state index in [1.807, 2.05) is 0 Å². The first kappa shape index (κ1) is 15.3. The number of hydrogen-bond donors (Lipinski definition) is 1. The number of nitrogens with one attached hydrogen (secondary N) is 1. The molecule has 1 aliphatic rings. The van der Waals surface area contributed by atoms with Gasteiger partial charge in [-0.15, -0.1) is 0 Å². The van der Waals surface area contributed by atoms with Crippen molar-refractivity contribution < 1.29 is 0 Å². The fraction of sp³-hybridized carbons (Fsp3) is 0.765. The van der Waals surface area contributed by atoms with Crippen LogP contribution in [0.5, 0.6) is 0 Å². The van der Waals surface area contributed by atoms with Crippen molar-refractivity contribution in [3.05, 3.63) is 17.1 Å². The molecular weight excluding hydrogens is 246 g/mol. The quantitative estimate of drug-likeness (QED) is 0.853. The first-order valence-electron chi connectivity index (χ1n) is 8.24. The molecule has 1 aliphatic carbocycles. The van der Waals surface area contributed by atoms with Gasteiger partial charge in [-0.2, -0.15) is 0 Å². The van der Waals surface area contributed by atoms with Gasteiger partial charge >= 0.3 is 0 Å². The molecule has 0 saturated heterocycles. The van der Waals surface area contributed by atoms with Crippen LogP contribution in [0.25, 0.3) is 0 Å². The van der Waals surface area contributed by atoms with Crippen LogP contribution in [-0.4, -0.2) is 16.5 Å². The lowest BCUT2D eigenvalue weighted by molar-refractivity contribution is 0.302. The number of aryl methyl sites for hydroxylation is 1. The molecule has 0 amide bonds. The highest BCUT2D eigenvalue weighted by molar-refractivity contribution is 5.45. The third kappa shape index (κ3) is 3.50. The maximum Gasteiger partial charge on any atom is 0.134 e. The molecule has 1 aromatic heterocycles. The number of rotatable bonds is 5. The van der Waals surface area contributed by atoms with Crippen LogP contribution in [0.1, 0.15) is 75.4 Å². The summed E-state index contributed by atoms with van der Waals surface area (Å²) in [6, 6.07) is 0. The van der Waals surface area contributed by atoms with Crippen molar-refractivity contribution in [1.82, 2.24) is 9.97 Å². The molecule has 0 radical (unpaired) electrons. The number of nitrogens with zero attached hydrogens (tertiary/aromatic N) is 2. The Hall–Kier alpha value is -1.12. The molecule has 1 saturated carbocycles. The zero-order valence-corrected chi connectivity index (χ0v) is 13.5. The Labute approximate surface area is 123 Å². The highest BCUT2D eigenvalue weighted by Gasteiger charge is 2.24. The Morgan fingerprint density at radius 1 is 1.05 bits per heavy atom. The van der Waals surface area contributed by atoms with Crippen molar-refractivity contribution >= 4 is 5.82 Å². The molecule has 0 spiro atoms. The lowest BCUT2D eigenvalue weighted by Gasteiger charge is -2.28. The summed E-state index contributed by atoms with van der Waals surface area (Å²) in [5.41, 5.74) is 2.32. The van der Waals surface area contributed by atoms with Gasteiger partial charge in [0.1, 0.15) is 11.6 Å². The van der Waals surface area contributed by atoms with Crippen LogP contribution in [0, 0.1) is 19.8 Å². The summed E-state index contributed by atoms with van der Waals surface area (Å²) in [4.78, 5) is 9.55. The monoisotopic (exact) mass is 275 g/mol. The molecule has 1 heterocycles. The molecule has 2 rings (SSSR count).